The Labute approximate surface area is 268 Å². The Morgan fingerprint density at radius 3 is 1.87 bits per heavy atom. The molecular formula is C38H34N4O4. The molecule has 230 valence electrons. The zero-order valence-corrected chi connectivity index (χ0v) is 25.7. The van der Waals surface area contributed by atoms with Gasteiger partial charge in [0.2, 0.25) is 0 Å². The van der Waals surface area contributed by atoms with E-state index in [0.717, 1.165) is 22.3 Å². The lowest BCUT2D eigenvalue weighted by molar-refractivity contribution is 0.0780. The van der Waals surface area contributed by atoms with E-state index in [1.807, 2.05) is 122 Å². The molecule has 46 heavy (non-hydrogen) atoms. The SMILES string of the molecule is Cc1ccccc1-n1c(O)nnc1-c1cc(C(=O)N(C)Cc2ccccc2)c(OCc2ccccc2)cc1OCc1ccccc1. The summed E-state index contributed by atoms with van der Waals surface area (Å²) in [6.07, 6.45) is 0. The lowest BCUT2D eigenvalue weighted by Gasteiger charge is -2.22. The molecular weight excluding hydrogens is 576 g/mol. The Balaban J connectivity index is 1.48. The second-order valence-corrected chi connectivity index (χ2v) is 11.0. The molecule has 0 atom stereocenters. The number of amides is 1. The summed E-state index contributed by atoms with van der Waals surface area (Å²) in [6, 6.07) is 40.2. The molecule has 8 nitrogen and oxygen atoms in total. The zero-order valence-electron chi connectivity index (χ0n) is 25.7. The highest BCUT2D eigenvalue weighted by Crippen LogP contribution is 2.39. The van der Waals surface area contributed by atoms with Crippen molar-refractivity contribution in [3.8, 4) is 34.6 Å². The summed E-state index contributed by atoms with van der Waals surface area (Å²) >= 11 is 0. The van der Waals surface area contributed by atoms with Crippen LogP contribution in [0.2, 0.25) is 0 Å². The molecule has 5 aromatic carbocycles. The Bertz CT molecular complexity index is 1930. The summed E-state index contributed by atoms with van der Waals surface area (Å²) in [6.45, 7) is 2.86. The van der Waals surface area contributed by atoms with Crippen molar-refractivity contribution in [1.29, 1.82) is 0 Å². The summed E-state index contributed by atoms with van der Waals surface area (Å²) in [7, 11) is 1.76. The van der Waals surface area contributed by atoms with Gasteiger partial charge in [-0.3, -0.25) is 4.79 Å². The maximum Gasteiger partial charge on any atom is 0.319 e. The van der Waals surface area contributed by atoms with Gasteiger partial charge in [-0.2, -0.15) is 0 Å². The maximum atomic E-state index is 14.2. The van der Waals surface area contributed by atoms with Gasteiger partial charge in [0, 0.05) is 19.7 Å². The van der Waals surface area contributed by atoms with Crippen LogP contribution in [0.15, 0.2) is 127 Å². The number of rotatable bonds is 11. The summed E-state index contributed by atoms with van der Waals surface area (Å²) < 4.78 is 14.3. The summed E-state index contributed by atoms with van der Waals surface area (Å²) in [5.41, 5.74) is 5.34. The summed E-state index contributed by atoms with van der Waals surface area (Å²) in [5, 5.41) is 19.3. The molecule has 0 bridgehead atoms. The van der Waals surface area contributed by atoms with Crippen molar-refractivity contribution in [2.45, 2.75) is 26.7 Å². The van der Waals surface area contributed by atoms with Gasteiger partial charge in [0.05, 0.1) is 16.8 Å². The Morgan fingerprint density at radius 1 is 0.717 bits per heavy atom. The number of nitrogens with zero attached hydrogens (tertiary/aromatic N) is 4. The third-order valence-electron chi connectivity index (χ3n) is 7.64. The topological polar surface area (TPSA) is 89.7 Å². The Kier molecular flexibility index (Phi) is 9.06. The first-order valence-corrected chi connectivity index (χ1v) is 15.0. The molecule has 1 aromatic heterocycles. The van der Waals surface area contributed by atoms with E-state index in [-0.39, 0.29) is 25.1 Å². The molecule has 0 radical (unpaired) electrons. The van der Waals surface area contributed by atoms with E-state index >= 15 is 0 Å². The van der Waals surface area contributed by atoms with Gasteiger partial charge in [-0.1, -0.05) is 114 Å². The highest BCUT2D eigenvalue weighted by Gasteiger charge is 2.26. The standard InChI is InChI=1S/C38H34N4O4/c1-27-14-12-13-21-33(27)42-36(39-40-38(42)44)31-22-32(37(43)41(2)24-28-15-6-3-7-16-28)35(46-26-30-19-10-5-11-20-30)23-34(31)45-25-29-17-8-4-9-18-29/h3-23H,24-26H2,1-2H3,(H,40,44). The molecule has 0 saturated heterocycles. The fraction of sp³-hybridized carbons (Fsp3) is 0.132. The lowest BCUT2D eigenvalue weighted by atomic mass is 10.0. The van der Waals surface area contributed by atoms with Gasteiger partial charge in [0.15, 0.2) is 5.82 Å². The molecule has 1 amide bonds. The van der Waals surface area contributed by atoms with Crippen molar-refractivity contribution < 1.29 is 19.4 Å². The third kappa shape index (κ3) is 6.76. The number of carbonyl (C=O) groups excluding carboxylic acids is 1. The van der Waals surface area contributed by atoms with Crippen LogP contribution in [0.25, 0.3) is 17.1 Å². The van der Waals surface area contributed by atoms with E-state index in [0.29, 0.717) is 40.7 Å². The van der Waals surface area contributed by atoms with Crippen LogP contribution < -0.4 is 9.47 Å². The number of aryl methyl sites for hydroxylation is 1. The fourth-order valence-electron chi connectivity index (χ4n) is 5.23. The van der Waals surface area contributed by atoms with Crippen LogP contribution in [0, 0.1) is 6.92 Å². The Morgan fingerprint density at radius 2 is 1.26 bits per heavy atom. The maximum absolute atomic E-state index is 14.2. The highest BCUT2D eigenvalue weighted by molar-refractivity contribution is 5.98. The number of carbonyl (C=O) groups is 1. The quantitative estimate of drug-likeness (QED) is 0.165. The average Bonchev–Trinajstić information content (AvgIpc) is 3.48. The molecule has 6 aromatic rings. The first-order chi connectivity index (χ1) is 22.5. The molecule has 0 saturated carbocycles. The smallest absolute Gasteiger partial charge is 0.319 e. The molecule has 6 rings (SSSR count). The van der Waals surface area contributed by atoms with E-state index in [2.05, 4.69) is 10.2 Å². The normalized spacial score (nSPS) is 10.8. The third-order valence-corrected chi connectivity index (χ3v) is 7.64. The predicted molar refractivity (Wildman–Crippen MR) is 177 cm³/mol. The van der Waals surface area contributed by atoms with Crippen LogP contribution in [-0.2, 0) is 19.8 Å². The number of aromatic nitrogens is 3. The van der Waals surface area contributed by atoms with Crippen molar-refractivity contribution in [1.82, 2.24) is 19.7 Å². The highest BCUT2D eigenvalue weighted by atomic mass is 16.5. The van der Waals surface area contributed by atoms with Crippen LogP contribution in [0.4, 0.5) is 0 Å². The molecule has 1 heterocycles. The number of ether oxygens (including phenoxy) is 2. The monoisotopic (exact) mass is 610 g/mol. The minimum Gasteiger partial charge on any atom is -0.488 e. The van der Waals surface area contributed by atoms with Crippen molar-refractivity contribution in [3.05, 3.63) is 155 Å². The fourth-order valence-corrected chi connectivity index (χ4v) is 5.23. The van der Waals surface area contributed by atoms with E-state index in [4.69, 9.17) is 9.47 Å². The number of hydrogen-bond acceptors (Lipinski definition) is 6. The molecule has 1 N–H and O–H groups in total. The molecule has 0 spiro atoms. The summed E-state index contributed by atoms with van der Waals surface area (Å²) in [5.74, 6) is 0.876. The average molecular weight is 611 g/mol. The van der Waals surface area contributed by atoms with Crippen LogP contribution in [-0.4, -0.2) is 37.7 Å². The van der Waals surface area contributed by atoms with E-state index in [1.54, 1.807) is 28.6 Å². The second kappa shape index (κ2) is 13.8. The van der Waals surface area contributed by atoms with Gasteiger partial charge in [-0.05, 0) is 41.3 Å². The van der Waals surface area contributed by atoms with Crippen molar-refractivity contribution >= 4 is 5.91 Å². The van der Waals surface area contributed by atoms with E-state index < -0.39 is 0 Å². The lowest BCUT2D eigenvalue weighted by Crippen LogP contribution is -2.27. The van der Waals surface area contributed by atoms with Gasteiger partial charge in [0.25, 0.3) is 5.91 Å². The van der Waals surface area contributed by atoms with Crippen LogP contribution in [0.1, 0.15) is 32.6 Å². The number of aromatic hydroxyl groups is 1. The molecule has 0 unspecified atom stereocenters. The zero-order chi connectivity index (χ0) is 31.9. The second-order valence-electron chi connectivity index (χ2n) is 11.0. The first-order valence-electron chi connectivity index (χ1n) is 15.0. The molecule has 0 fully saturated rings. The van der Waals surface area contributed by atoms with Crippen LogP contribution in [0.5, 0.6) is 17.5 Å². The molecule has 0 aliphatic heterocycles. The van der Waals surface area contributed by atoms with Crippen LogP contribution >= 0.6 is 0 Å². The number of benzene rings is 5. The van der Waals surface area contributed by atoms with Crippen molar-refractivity contribution in [2.75, 3.05) is 7.05 Å². The predicted octanol–water partition coefficient (Wildman–Crippen LogP) is 7.38. The van der Waals surface area contributed by atoms with Gasteiger partial charge in [-0.25, -0.2) is 4.57 Å². The molecule has 8 heteroatoms. The first kappa shape index (κ1) is 30.1. The molecule has 0 aliphatic carbocycles. The van der Waals surface area contributed by atoms with Gasteiger partial charge < -0.3 is 19.5 Å². The van der Waals surface area contributed by atoms with Crippen molar-refractivity contribution in [3.63, 3.8) is 0 Å². The van der Waals surface area contributed by atoms with Crippen LogP contribution in [0.3, 0.4) is 0 Å². The largest absolute Gasteiger partial charge is 0.488 e. The van der Waals surface area contributed by atoms with Gasteiger partial charge in [-0.15, -0.1) is 5.10 Å². The van der Waals surface area contributed by atoms with E-state index in [9.17, 15) is 9.90 Å². The Hall–Kier alpha value is -5.89. The van der Waals surface area contributed by atoms with Gasteiger partial charge in [0.1, 0.15) is 24.7 Å². The minimum atomic E-state index is -0.281. The summed E-state index contributed by atoms with van der Waals surface area (Å²) in [4.78, 5) is 15.8. The molecule has 0 aliphatic rings. The van der Waals surface area contributed by atoms with E-state index in [1.165, 1.54) is 0 Å². The minimum absolute atomic E-state index is 0.242. The number of para-hydroxylation sites is 1. The van der Waals surface area contributed by atoms with Gasteiger partial charge >= 0.3 is 6.01 Å². The number of hydrogen-bond donors (Lipinski definition) is 1. The van der Waals surface area contributed by atoms with Crippen molar-refractivity contribution in [2.24, 2.45) is 0 Å².